The summed E-state index contributed by atoms with van der Waals surface area (Å²) >= 11 is 0. The van der Waals surface area contributed by atoms with Crippen LogP contribution in [0.25, 0.3) is 0 Å². The highest BCUT2D eigenvalue weighted by Gasteiger charge is 2.70. The van der Waals surface area contributed by atoms with Crippen LogP contribution in [0.2, 0.25) is 0 Å². The molecule has 1 saturated heterocycles. The minimum Gasteiger partial charge on any atom is -0.444 e. The van der Waals surface area contributed by atoms with E-state index in [1.54, 1.807) is 65.2 Å². The minimum atomic E-state index is -1.19. The number of ether oxygens (including phenoxy) is 1. The number of likely N-dealkylation sites (tertiary alicyclic amines) is 1. The van der Waals surface area contributed by atoms with Gasteiger partial charge in [-0.15, -0.1) is 0 Å². The van der Waals surface area contributed by atoms with Crippen molar-refractivity contribution in [2.75, 3.05) is 27.2 Å². The Bertz CT molecular complexity index is 1830. The van der Waals surface area contributed by atoms with Gasteiger partial charge in [0.15, 0.2) is 0 Å². The molecule has 1 aromatic rings. The van der Waals surface area contributed by atoms with Gasteiger partial charge in [0.2, 0.25) is 29.4 Å². The maximum atomic E-state index is 14.8. The van der Waals surface area contributed by atoms with E-state index in [2.05, 4.69) is 27.8 Å². The van der Waals surface area contributed by atoms with Gasteiger partial charge in [-0.25, -0.2) is 4.79 Å². The van der Waals surface area contributed by atoms with Crippen LogP contribution in [0.3, 0.4) is 0 Å². The SMILES string of the molecule is C=C1/C=C\C=C/CCC([C@H](NC(=O)OC(C)(C)C)C(=O)N2C[C@H]3[C@@H]([C@H]2C(=O)NC(CC2CC2)C(=O)C(=O)NCC(=O)N[C@H](C(=O)N(C)C)c2ccccc2)C3(C)C)C1. The summed E-state index contributed by atoms with van der Waals surface area (Å²) in [6.45, 7) is 13.2. The number of Topliss-reactive ketones (excluding diaryl/α,β-unsaturated/α-hetero) is 1. The largest absolute Gasteiger partial charge is 0.444 e. The van der Waals surface area contributed by atoms with Gasteiger partial charge in [0.05, 0.1) is 12.6 Å². The van der Waals surface area contributed by atoms with E-state index in [4.69, 9.17) is 4.74 Å². The summed E-state index contributed by atoms with van der Waals surface area (Å²) in [4.78, 5) is 98.3. The van der Waals surface area contributed by atoms with E-state index < -0.39 is 71.8 Å². The van der Waals surface area contributed by atoms with Crippen LogP contribution in [0.4, 0.5) is 4.79 Å². The lowest BCUT2D eigenvalue weighted by Gasteiger charge is -2.36. The third-order valence-electron chi connectivity index (χ3n) is 11.6. The predicted octanol–water partition coefficient (Wildman–Crippen LogP) is 3.75. The summed E-state index contributed by atoms with van der Waals surface area (Å²) in [6, 6.07) is 4.48. The third-order valence-corrected chi connectivity index (χ3v) is 11.6. The van der Waals surface area contributed by atoms with Crippen molar-refractivity contribution in [3.05, 3.63) is 72.4 Å². The number of carbonyl (C=O) groups excluding carboxylic acids is 7. The number of hydrogen-bond acceptors (Lipinski definition) is 8. The molecule has 0 aromatic heterocycles. The van der Waals surface area contributed by atoms with E-state index in [0.717, 1.165) is 18.4 Å². The molecule has 5 rings (SSSR count). The molecule has 2 saturated carbocycles. The number of nitrogens with one attached hydrogen (secondary N) is 4. The summed E-state index contributed by atoms with van der Waals surface area (Å²) in [5.41, 5.74) is 0.259. The zero-order valence-electron chi connectivity index (χ0n) is 34.8. The summed E-state index contributed by atoms with van der Waals surface area (Å²) < 4.78 is 5.59. The van der Waals surface area contributed by atoms with Crippen LogP contribution in [0.5, 0.6) is 0 Å². The first kappa shape index (κ1) is 43.8. The van der Waals surface area contributed by atoms with Crippen LogP contribution in [-0.4, -0.2) is 102 Å². The Morgan fingerprint density at radius 2 is 1.66 bits per heavy atom. The monoisotopic (exact) mass is 800 g/mol. The number of ketones is 1. The Morgan fingerprint density at radius 3 is 2.29 bits per heavy atom. The molecule has 1 aromatic carbocycles. The Kier molecular flexibility index (Phi) is 13.7. The molecule has 3 aliphatic carbocycles. The van der Waals surface area contributed by atoms with Gasteiger partial charge in [-0.1, -0.05) is 93.5 Å². The molecule has 3 fully saturated rings. The molecular formula is C44H60N6O8. The lowest BCUT2D eigenvalue weighted by Crippen LogP contribution is -2.60. The van der Waals surface area contributed by atoms with E-state index in [-0.39, 0.29) is 48.0 Å². The number of rotatable bonds is 14. The fraction of sp³-hybridized carbons (Fsp3) is 0.568. The highest BCUT2D eigenvalue weighted by Crippen LogP contribution is 2.65. The van der Waals surface area contributed by atoms with E-state index in [9.17, 15) is 33.6 Å². The van der Waals surface area contributed by atoms with Crippen molar-refractivity contribution in [2.24, 2.45) is 29.1 Å². The molecule has 0 radical (unpaired) electrons. The van der Waals surface area contributed by atoms with Gasteiger partial charge >= 0.3 is 6.09 Å². The molecular weight excluding hydrogens is 741 g/mol. The maximum Gasteiger partial charge on any atom is 0.408 e. The van der Waals surface area contributed by atoms with Crippen LogP contribution in [0, 0.1) is 29.1 Å². The fourth-order valence-corrected chi connectivity index (χ4v) is 8.26. The number of nitrogens with zero attached hydrogens (tertiary/aromatic N) is 2. The van der Waals surface area contributed by atoms with Crippen LogP contribution in [-0.2, 0) is 33.5 Å². The number of allylic oxidation sites excluding steroid dienone is 5. The number of amides is 6. The molecule has 4 N–H and O–H groups in total. The lowest BCUT2D eigenvalue weighted by molar-refractivity contribution is -0.145. The maximum absolute atomic E-state index is 14.8. The Labute approximate surface area is 341 Å². The van der Waals surface area contributed by atoms with Crippen molar-refractivity contribution in [2.45, 2.75) is 103 Å². The molecule has 2 unspecified atom stereocenters. The topological polar surface area (TPSA) is 183 Å². The number of carbonyl (C=O) groups is 7. The summed E-state index contributed by atoms with van der Waals surface area (Å²) in [5, 5.41) is 10.7. The summed E-state index contributed by atoms with van der Waals surface area (Å²) in [5.74, 6) is -4.42. The van der Waals surface area contributed by atoms with Crippen molar-refractivity contribution >= 4 is 41.4 Å². The Morgan fingerprint density at radius 1 is 0.966 bits per heavy atom. The number of benzene rings is 1. The molecule has 14 nitrogen and oxygen atoms in total. The van der Waals surface area contributed by atoms with Crippen molar-refractivity contribution in [1.29, 1.82) is 0 Å². The van der Waals surface area contributed by atoms with Crippen molar-refractivity contribution in [1.82, 2.24) is 31.1 Å². The van der Waals surface area contributed by atoms with E-state index >= 15 is 0 Å². The number of alkyl carbamates (subject to hydrolysis) is 1. The summed E-state index contributed by atoms with van der Waals surface area (Å²) in [7, 11) is 3.13. The Hall–Kier alpha value is -5.27. The Balaban J connectivity index is 1.32. The fourth-order valence-electron chi connectivity index (χ4n) is 8.26. The molecule has 0 spiro atoms. The number of hydrogen-bond donors (Lipinski definition) is 4. The molecule has 0 bridgehead atoms. The van der Waals surface area contributed by atoms with E-state index in [1.165, 1.54) is 9.80 Å². The molecule has 4 aliphatic rings. The second-order valence-corrected chi connectivity index (χ2v) is 17.9. The highest BCUT2D eigenvalue weighted by molar-refractivity contribution is 6.38. The van der Waals surface area contributed by atoms with Crippen LogP contribution in [0.15, 0.2) is 66.8 Å². The van der Waals surface area contributed by atoms with Crippen LogP contribution >= 0.6 is 0 Å². The van der Waals surface area contributed by atoms with Gasteiger partial charge in [-0.2, -0.15) is 0 Å². The standard InChI is InChI=1S/C44H60N6O8/c1-26-16-12-9-10-13-19-29(22-26)35(48-42(57)58-43(2,3)4)41(56)50-25-30-33(44(30,5)6)36(50)38(53)46-31(23-27-20-21-27)37(52)39(54)45-24-32(51)47-34(40(55)49(7)8)28-17-14-11-15-18-28/h9-12,14-18,27,29-31,33-36H,1,13,19-25H2,2-8H3,(H,45,54)(H,46,53)(H,47,51)(H,48,57)/b10-9-,16-12-/t29?,30-,31?,33-,34-,35-,36-/m0/s1. The molecule has 314 valence electrons. The predicted molar refractivity (Wildman–Crippen MR) is 217 cm³/mol. The molecule has 1 heterocycles. The van der Waals surface area contributed by atoms with Crippen molar-refractivity contribution in [3.8, 4) is 0 Å². The molecule has 1 aliphatic heterocycles. The van der Waals surface area contributed by atoms with Gasteiger partial charge in [-0.05, 0) is 81.1 Å². The minimum absolute atomic E-state index is 0.00854. The van der Waals surface area contributed by atoms with Gasteiger partial charge < -0.3 is 35.8 Å². The second-order valence-electron chi connectivity index (χ2n) is 17.9. The van der Waals surface area contributed by atoms with Gasteiger partial charge in [0.25, 0.3) is 5.91 Å². The van der Waals surface area contributed by atoms with E-state index in [0.29, 0.717) is 24.8 Å². The number of fused-ring (bicyclic) bond motifs is 1. The first-order chi connectivity index (χ1) is 27.3. The quantitative estimate of drug-likeness (QED) is 0.205. The number of piperidine rings is 1. The molecule has 7 atom stereocenters. The van der Waals surface area contributed by atoms with Gasteiger partial charge in [0, 0.05) is 20.6 Å². The zero-order valence-corrected chi connectivity index (χ0v) is 34.8. The first-order valence-electron chi connectivity index (χ1n) is 20.3. The number of likely N-dealkylation sites (N-methyl/N-ethyl adjacent to an activating group) is 1. The first-order valence-corrected chi connectivity index (χ1v) is 20.3. The average Bonchev–Trinajstić information content (AvgIpc) is 4.00. The zero-order chi connectivity index (χ0) is 42.5. The molecule has 58 heavy (non-hydrogen) atoms. The average molecular weight is 801 g/mol. The normalized spacial score (nSPS) is 24.8. The van der Waals surface area contributed by atoms with Gasteiger partial charge in [-0.3, -0.25) is 28.8 Å². The smallest absolute Gasteiger partial charge is 0.408 e. The highest BCUT2D eigenvalue weighted by atomic mass is 16.6. The second kappa shape index (κ2) is 18.1. The van der Waals surface area contributed by atoms with Crippen molar-refractivity contribution < 1.29 is 38.3 Å². The molecule has 6 amide bonds. The van der Waals surface area contributed by atoms with Gasteiger partial charge in [0.1, 0.15) is 23.7 Å². The van der Waals surface area contributed by atoms with E-state index in [1.807, 2.05) is 38.2 Å². The third kappa shape index (κ3) is 11.0. The van der Waals surface area contributed by atoms with Crippen molar-refractivity contribution in [3.63, 3.8) is 0 Å². The van der Waals surface area contributed by atoms with Crippen LogP contribution < -0.4 is 21.3 Å². The lowest BCUT2D eigenvalue weighted by atomic mass is 9.87. The van der Waals surface area contributed by atoms with Crippen LogP contribution in [0.1, 0.15) is 84.7 Å². The summed E-state index contributed by atoms with van der Waals surface area (Å²) in [6.07, 6.45) is 10.5. The molecule has 14 heteroatoms.